The summed E-state index contributed by atoms with van der Waals surface area (Å²) in [5.41, 5.74) is 0.605. The van der Waals surface area contributed by atoms with Crippen molar-refractivity contribution in [3.05, 3.63) is 11.3 Å². The van der Waals surface area contributed by atoms with Crippen LogP contribution in [0.4, 0.5) is 4.79 Å². The van der Waals surface area contributed by atoms with Gasteiger partial charge in [-0.25, -0.2) is 14.3 Å². The van der Waals surface area contributed by atoms with Gasteiger partial charge in [0.05, 0.1) is 6.04 Å². The number of thioether (sulfide) groups is 1. The number of carboxylic acids is 1. The summed E-state index contributed by atoms with van der Waals surface area (Å²) in [6, 6.07) is -2.12. The summed E-state index contributed by atoms with van der Waals surface area (Å²) in [7, 11) is 1.69. The number of carboxylic acid groups (broad SMARTS) is 1. The molecular formula is C17H21N8NaO5S. The molecule has 1 aromatic rings. The summed E-state index contributed by atoms with van der Waals surface area (Å²) in [5.74, 6) is -1.55. The van der Waals surface area contributed by atoms with E-state index in [0.717, 1.165) is 0 Å². The second kappa shape index (κ2) is 8.65. The molecule has 0 bridgehead atoms. The molecule has 0 aliphatic carbocycles. The molecule has 4 aliphatic heterocycles. The summed E-state index contributed by atoms with van der Waals surface area (Å²) in [4.78, 5) is 52.2. The Hall–Kier alpha value is -2.16. The molecule has 3 saturated heterocycles. The van der Waals surface area contributed by atoms with E-state index in [1.54, 1.807) is 7.05 Å². The molecule has 0 spiro atoms. The summed E-state index contributed by atoms with van der Waals surface area (Å²) in [5, 5.41) is 26.9. The third-order valence-corrected chi connectivity index (χ3v) is 7.31. The topological polar surface area (TPSA) is 163 Å². The number of carbonyl (C=O) groups excluding carboxylic acids is 3. The number of nitrogens with zero attached hydrogens (tertiary/aromatic N) is 6. The maximum absolute atomic E-state index is 12.9. The smallest absolute Gasteiger partial charge is 1.00 e. The van der Waals surface area contributed by atoms with E-state index in [1.165, 1.54) is 26.2 Å². The van der Waals surface area contributed by atoms with E-state index >= 15 is 0 Å². The van der Waals surface area contributed by atoms with Crippen LogP contribution in [-0.4, -0.2) is 95.9 Å². The van der Waals surface area contributed by atoms with Crippen molar-refractivity contribution in [3.63, 3.8) is 0 Å². The number of likely N-dealkylation sites (tertiary alicyclic amines) is 1. The van der Waals surface area contributed by atoms with Crippen molar-refractivity contribution in [1.29, 1.82) is 0 Å². The van der Waals surface area contributed by atoms with Gasteiger partial charge in [-0.05, 0) is 28.8 Å². The molecule has 0 unspecified atom stereocenters. The number of urea groups is 1. The summed E-state index contributed by atoms with van der Waals surface area (Å²) in [6.45, 7) is 0.823. The van der Waals surface area contributed by atoms with Crippen LogP contribution in [0.3, 0.4) is 0 Å². The monoisotopic (exact) mass is 472 g/mol. The number of hydrogen-bond donors (Lipinski definition) is 3. The fourth-order valence-corrected chi connectivity index (χ4v) is 5.71. The number of carbonyl (C=O) groups is 4. The molecule has 0 aromatic carbocycles. The number of aromatic nitrogens is 4. The van der Waals surface area contributed by atoms with Gasteiger partial charge in [0, 0.05) is 31.8 Å². The largest absolute Gasteiger partial charge is 1.00 e. The van der Waals surface area contributed by atoms with E-state index in [0.29, 0.717) is 42.4 Å². The molecule has 166 valence electrons. The van der Waals surface area contributed by atoms with E-state index in [-0.39, 0.29) is 54.5 Å². The third kappa shape index (κ3) is 3.58. The molecule has 4 amide bonds. The first kappa shape index (κ1) is 23.0. The van der Waals surface area contributed by atoms with Gasteiger partial charge in [0.2, 0.25) is 11.1 Å². The number of aliphatic carboxylic acids is 1. The van der Waals surface area contributed by atoms with E-state index in [2.05, 4.69) is 26.2 Å². The van der Waals surface area contributed by atoms with Gasteiger partial charge in [-0.1, -0.05) is 11.8 Å². The van der Waals surface area contributed by atoms with Crippen LogP contribution < -0.4 is 40.2 Å². The molecule has 5 heterocycles. The first-order valence-electron chi connectivity index (χ1n) is 9.85. The van der Waals surface area contributed by atoms with E-state index in [9.17, 15) is 24.3 Å². The minimum absolute atomic E-state index is 0. The first-order chi connectivity index (χ1) is 14.9. The van der Waals surface area contributed by atoms with Gasteiger partial charge >= 0.3 is 41.6 Å². The Labute approximate surface area is 210 Å². The average molecular weight is 472 g/mol. The van der Waals surface area contributed by atoms with Crippen molar-refractivity contribution in [3.8, 4) is 0 Å². The Balaban J connectivity index is 0.00000153. The molecule has 3 fully saturated rings. The third-order valence-electron chi connectivity index (χ3n) is 6.21. The van der Waals surface area contributed by atoms with Crippen LogP contribution in [-0.2, 0) is 21.4 Å². The zero-order valence-electron chi connectivity index (χ0n) is 18.5. The predicted molar refractivity (Wildman–Crippen MR) is 104 cm³/mol. The molecule has 32 heavy (non-hydrogen) atoms. The predicted octanol–water partition coefficient (Wildman–Crippen LogP) is -4.73. The molecule has 5 rings (SSSR count). The Kier molecular flexibility index (Phi) is 6.22. The molecule has 0 radical (unpaired) electrons. The zero-order chi connectivity index (χ0) is 21.9. The zero-order valence-corrected chi connectivity index (χ0v) is 20.3. The van der Waals surface area contributed by atoms with Gasteiger partial charge in [0.15, 0.2) is 0 Å². The number of amides is 4. The Morgan fingerprint density at radius 2 is 2.16 bits per heavy atom. The molecule has 1 aromatic heterocycles. The van der Waals surface area contributed by atoms with Crippen LogP contribution in [0, 0.1) is 5.92 Å². The maximum Gasteiger partial charge on any atom is 1.00 e. The van der Waals surface area contributed by atoms with Gasteiger partial charge in [0.1, 0.15) is 17.8 Å². The summed E-state index contributed by atoms with van der Waals surface area (Å²) >= 11 is 1.30. The molecule has 13 nitrogen and oxygen atoms in total. The van der Waals surface area contributed by atoms with Crippen molar-refractivity contribution < 1.29 is 55.3 Å². The van der Waals surface area contributed by atoms with Crippen LogP contribution in [0.1, 0.15) is 14.3 Å². The molecule has 15 heteroatoms. The second-order valence-electron chi connectivity index (χ2n) is 7.97. The summed E-state index contributed by atoms with van der Waals surface area (Å²) in [6.07, 6.45) is 0.956. The van der Waals surface area contributed by atoms with Gasteiger partial charge in [-0.2, -0.15) is 0 Å². The summed E-state index contributed by atoms with van der Waals surface area (Å²) < 4.78 is 1.49. The van der Waals surface area contributed by atoms with Crippen LogP contribution in [0.25, 0.3) is 0 Å². The number of nitrogens with one attached hydrogen (secondary N) is 2. The van der Waals surface area contributed by atoms with E-state index < -0.39 is 30.0 Å². The van der Waals surface area contributed by atoms with E-state index in [4.69, 9.17) is 0 Å². The van der Waals surface area contributed by atoms with Gasteiger partial charge in [-0.3, -0.25) is 14.5 Å². The first-order valence-corrected chi connectivity index (χ1v) is 10.8. The molecule has 0 saturated carbocycles. The van der Waals surface area contributed by atoms with Gasteiger partial charge < -0.3 is 22.1 Å². The second-order valence-corrected chi connectivity index (χ2v) is 8.92. The standard InChI is InChI=1S/C17H20N8O5S.Na.H/c1-23-17(20-21-22-23)31-6-8-4-7-5-24(16(30)19-9-2-3-18-13(9)26)12-10(7)25(14(12)27)11(8)15(28)29;;/h7,9-10,12H,2-6H2,1H3,(H,18,26)(H,19,30)(H,28,29);;/q;+1;-1/t7-,9+,10-,12+;;/m1../s1. The normalized spacial score (nSPS) is 28.2. The van der Waals surface area contributed by atoms with Crippen LogP contribution in [0.15, 0.2) is 16.4 Å². The molecular weight excluding hydrogens is 451 g/mol. The number of hydrogen-bond acceptors (Lipinski definition) is 8. The van der Waals surface area contributed by atoms with Crippen molar-refractivity contribution in [1.82, 2.24) is 40.6 Å². The van der Waals surface area contributed by atoms with Gasteiger partial charge in [0.25, 0.3) is 5.91 Å². The minimum atomic E-state index is -1.16. The fourth-order valence-electron chi connectivity index (χ4n) is 4.83. The Bertz CT molecular complexity index is 1040. The van der Waals surface area contributed by atoms with Crippen LogP contribution in [0.5, 0.6) is 0 Å². The van der Waals surface area contributed by atoms with Crippen molar-refractivity contribution in [2.75, 3.05) is 18.8 Å². The SMILES string of the molecule is Cn1nnnc1SCC1=C(C(=O)O)N2C(=O)[C@@H]3[C@H]2[C@H](C1)CN3C(=O)N[C@H]1CCNC1=O.[H-].[Na+]. The van der Waals surface area contributed by atoms with Crippen molar-refractivity contribution >= 4 is 35.6 Å². The average Bonchev–Trinajstić information content (AvgIpc) is 3.42. The van der Waals surface area contributed by atoms with E-state index in [1.807, 2.05) is 0 Å². The van der Waals surface area contributed by atoms with Crippen LogP contribution in [0.2, 0.25) is 0 Å². The number of aryl methyl sites for hydroxylation is 1. The maximum atomic E-state index is 12.9. The van der Waals surface area contributed by atoms with Crippen molar-refractivity contribution in [2.45, 2.75) is 36.1 Å². The van der Waals surface area contributed by atoms with Gasteiger partial charge in [-0.15, -0.1) is 5.10 Å². The Morgan fingerprint density at radius 1 is 1.38 bits per heavy atom. The number of β-lactam (4-membered cyclic amide) rings is 1. The van der Waals surface area contributed by atoms with Crippen LogP contribution >= 0.6 is 11.8 Å². The molecule has 4 atom stereocenters. The molecule has 4 aliphatic rings. The number of rotatable bonds is 5. The quantitative estimate of drug-likeness (QED) is 0.217. The van der Waals surface area contributed by atoms with Crippen molar-refractivity contribution in [2.24, 2.45) is 13.0 Å². The molecule has 3 N–H and O–H groups in total. The minimum Gasteiger partial charge on any atom is -1.00 e. The Morgan fingerprint density at radius 3 is 2.78 bits per heavy atom. The number of tetrazole rings is 1. The fraction of sp³-hybridized carbons (Fsp3) is 0.588.